The van der Waals surface area contributed by atoms with Crippen molar-refractivity contribution in [2.24, 2.45) is 0 Å². The summed E-state index contributed by atoms with van der Waals surface area (Å²) in [5, 5.41) is 2.20. The molecule has 0 radical (unpaired) electrons. The highest BCUT2D eigenvalue weighted by Crippen LogP contribution is 2.53. The highest BCUT2D eigenvalue weighted by molar-refractivity contribution is 6.11. The van der Waals surface area contributed by atoms with Crippen LogP contribution in [0.5, 0.6) is 0 Å². The molecule has 3 nitrogen and oxygen atoms in total. The van der Waals surface area contributed by atoms with E-state index in [4.69, 9.17) is 9.40 Å². The van der Waals surface area contributed by atoms with E-state index in [1.165, 1.54) is 44.5 Å². The van der Waals surface area contributed by atoms with Crippen LogP contribution in [-0.2, 0) is 10.8 Å². The van der Waals surface area contributed by atoms with Gasteiger partial charge in [-0.1, -0.05) is 143 Å². The molecule has 0 fully saturated rings. The molecule has 0 saturated heterocycles. The van der Waals surface area contributed by atoms with E-state index in [1.54, 1.807) is 0 Å². The molecule has 1 heterocycles. The second-order valence-corrected chi connectivity index (χ2v) is 16.4. The van der Waals surface area contributed by atoms with Crippen LogP contribution in [-0.4, -0.2) is 4.98 Å². The van der Waals surface area contributed by atoms with Crippen molar-refractivity contribution >= 4 is 38.9 Å². The molecule has 0 N–H and O–H groups in total. The summed E-state index contributed by atoms with van der Waals surface area (Å²) in [5.41, 5.74) is 18.8. The van der Waals surface area contributed by atoms with Crippen LogP contribution in [0.3, 0.4) is 0 Å². The van der Waals surface area contributed by atoms with Crippen molar-refractivity contribution in [3.63, 3.8) is 0 Å². The number of aromatic nitrogens is 1. The molecule has 3 heteroatoms. The van der Waals surface area contributed by atoms with Gasteiger partial charge >= 0.3 is 0 Å². The Hall–Kier alpha value is -6.71. The molecule has 1 aromatic heterocycles. The Morgan fingerprint density at radius 3 is 1.59 bits per heavy atom. The van der Waals surface area contributed by atoms with Gasteiger partial charge in [0.25, 0.3) is 0 Å². The molecule has 0 unspecified atom stereocenters. The van der Waals surface area contributed by atoms with Crippen LogP contribution < -0.4 is 4.90 Å². The summed E-state index contributed by atoms with van der Waals surface area (Å²) < 4.78 is 6.54. The summed E-state index contributed by atoms with van der Waals surface area (Å²) in [7, 11) is 0. The number of nitrogens with zero attached hydrogens (tertiary/aromatic N) is 2. The van der Waals surface area contributed by atoms with E-state index in [0.29, 0.717) is 5.89 Å². The van der Waals surface area contributed by atoms with Crippen molar-refractivity contribution in [3.05, 3.63) is 192 Å². The van der Waals surface area contributed by atoms with Crippen molar-refractivity contribution in [1.29, 1.82) is 0 Å². The molecular formula is C53H40N2O. The molecule has 9 aromatic rings. The SMILES string of the molecule is CC1(C)c2ccccc2-c2ccc(N(c3ccc(-c4cccc5ccc6nc(-c7ccccc7)oc6c45)cc3)c3ccc4c(c3)C(C)(C)c3ccccc3-4)cc21. The van der Waals surface area contributed by atoms with Gasteiger partial charge in [0.1, 0.15) is 5.52 Å². The topological polar surface area (TPSA) is 29.3 Å². The standard InChI is InChI=1S/C53H40N2O/c1-52(2)44-19-10-8-16-40(44)42-28-26-37(31-46(42)52)55(38-27-29-43-41-17-9-11-20-45(41)53(3,4)47(43)32-38)36-24-21-33(22-25-36)39-18-12-15-34-23-30-48-50(49(34)39)56-51(54-48)35-13-6-5-7-14-35/h5-32H,1-4H3. The Morgan fingerprint density at radius 1 is 0.429 bits per heavy atom. The van der Waals surface area contributed by atoms with Gasteiger partial charge in [0.15, 0.2) is 5.58 Å². The van der Waals surface area contributed by atoms with Gasteiger partial charge in [-0.2, -0.15) is 0 Å². The van der Waals surface area contributed by atoms with E-state index in [9.17, 15) is 0 Å². The Balaban J connectivity index is 1.06. The van der Waals surface area contributed by atoms with Crippen molar-refractivity contribution in [2.75, 3.05) is 4.90 Å². The zero-order chi connectivity index (χ0) is 37.8. The second kappa shape index (κ2) is 11.9. The smallest absolute Gasteiger partial charge is 0.227 e. The zero-order valence-corrected chi connectivity index (χ0v) is 32.0. The number of benzene rings is 8. The number of hydrogen-bond donors (Lipinski definition) is 0. The lowest BCUT2D eigenvalue weighted by molar-refractivity contribution is 0.623. The van der Waals surface area contributed by atoms with Crippen molar-refractivity contribution in [3.8, 4) is 44.8 Å². The van der Waals surface area contributed by atoms with E-state index < -0.39 is 0 Å². The predicted molar refractivity (Wildman–Crippen MR) is 232 cm³/mol. The Morgan fingerprint density at radius 2 is 0.964 bits per heavy atom. The van der Waals surface area contributed by atoms with E-state index >= 15 is 0 Å². The molecule has 8 aromatic carbocycles. The average molecular weight is 721 g/mol. The summed E-state index contributed by atoms with van der Waals surface area (Å²) in [6, 6.07) is 61.7. The lowest BCUT2D eigenvalue weighted by Gasteiger charge is -2.30. The maximum absolute atomic E-state index is 6.54. The lowest BCUT2D eigenvalue weighted by Crippen LogP contribution is -2.18. The summed E-state index contributed by atoms with van der Waals surface area (Å²) in [4.78, 5) is 7.33. The Labute approximate surface area is 327 Å². The minimum Gasteiger partial charge on any atom is -0.435 e. The maximum Gasteiger partial charge on any atom is 0.227 e. The fraction of sp³-hybridized carbons (Fsp3) is 0.113. The van der Waals surface area contributed by atoms with Gasteiger partial charge in [-0.05, 0) is 116 Å². The van der Waals surface area contributed by atoms with Gasteiger partial charge in [0.05, 0.1) is 0 Å². The first kappa shape index (κ1) is 32.7. The number of hydrogen-bond acceptors (Lipinski definition) is 3. The van der Waals surface area contributed by atoms with Crippen LogP contribution in [0.15, 0.2) is 174 Å². The second-order valence-electron chi connectivity index (χ2n) is 16.4. The highest BCUT2D eigenvalue weighted by atomic mass is 16.3. The zero-order valence-electron chi connectivity index (χ0n) is 32.0. The van der Waals surface area contributed by atoms with Gasteiger partial charge in [0.2, 0.25) is 5.89 Å². The van der Waals surface area contributed by atoms with Crippen molar-refractivity contribution in [1.82, 2.24) is 4.98 Å². The van der Waals surface area contributed by atoms with Crippen LogP contribution in [0.25, 0.3) is 66.7 Å². The fourth-order valence-electron chi connectivity index (χ4n) is 9.60. The molecule has 0 amide bonds. The third-order valence-corrected chi connectivity index (χ3v) is 12.5. The normalized spacial score (nSPS) is 14.4. The Bertz CT molecular complexity index is 2920. The quantitative estimate of drug-likeness (QED) is 0.177. The molecule has 0 atom stereocenters. The van der Waals surface area contributed by atoms with Crippen LogP contribution in [0.4, 0.5) is 17.1 Å². The molecule has 268 valence electrons. The molecule has 2 aliphatic carbocycles. The van der Waals surface area contributed by atoms with Gasteiger partial charge in [-0.3, -0.25) is 0 Å². The van der Waals surface area contributed by atoms with Crippen LogP contribution in [0, 0.1) is 0 Å². The highest BCUT2D eigenvalue weighted by Gasteiger charge is 2.37. The summed E-state index contributed by atoms with van der Waals surface area (Å²) in [6.07, 6.45) is 0. The molecule has 56 heavy (non-hydrogen) atoms. The monoisotopic (exact) mass is 720 g/mol. The summed E-state index contributed by atoms with van der Waals surface area (Å²) in [5.74, 6) is 0.634. The van der Waals surface area contributed by atoms with Gasteiger partial charge in [-0.25, -0.2) is 4.98 Å². The summed E-state index contributed by atoms with van der Waals surface area (Å²) >= 11 is 0. The summed E-state index contributed by atoms with van der Waals surface area (Å²) in [6.45, 7) is 9.42. The van der Waals surface area contributed by atoms with E-state index in [0.717, 1.165) is 55.6 Å². The first-order valence-corrected chi connectivity index (χ1v) is 19.5. The van der Waals surface area contributed by atoms with Crippen molar-refractivity contribution < 1.29 is 4.42 Å². The first-order chi connectivity index (χ1) is 27.3. The van der Waals surface area contributed by atoms with E-state index in [1.807, 2.05) is 30.3 Å². The number of anilines is 3. The minimum absolute atomic E-state index is 0.111. The fourth-order valence-corrected chi connectivity index (χ4v) is 9.60. The molecule has 0 bridgehead atoms. The van der Waals surface area contributed by atoms with Gasteiger partial charge in [-0.15, -0.1) is 0 Å². The predicted octanol–water partition coefficient (Wildman–Crippen LogP) is 14.4. The maximum atomic E-state index is 6.54. The Kier molecular flexibility index (Phi) is 6.94. The molecule has 0 spiro atoms. The molecule has 11 rings (SSSR count). The largest absolute Gasteiger partial charge is 0.435 e. The van der Waals surface area contributed by atoms with Crippen molar-refractivity contribution in [2.45, 2.75) is 38.5 Å². The third kappa shape index (κ3) is 4.73. The lowest BCUT2D eigenvalue weighted by atomic mass is 9.82. The van der Waals surface area contributed by atoms with Crippen LogP contribution in [0.2, 0.25) is 0 Å². The third-order valence-electron chi connectivity index (χ3n) is 12.5. The number of oxazole rings is 1. The molecule has 0 saturated carbocycles. The first-order valence-electron chi connectivity index (χ1n) is 19.5. The van der Waals surface area contributed by atoms with Gasteiger partial charge < -0.3 is 9.32 Å². The molecule has 0 aliphatic heterocycles. The molecular weight excluding hydrogens is 681 g/mol. The molecule has 2 aliphatic rings. The van der Waals surface area contributed by atoms with Crippen LogP contribution >= 0.6 is 0 Å². The number of rotatable bonds is 5. The van der Waals surface area contributed by atoms with E-state index in [-0.39, 0.29) is 10.8 Å². The van der Waals surface area contributed by atoms with Crippen LogP contribution in [0.1, 0.15) is 49.9 Å². The van der Waals surface area contributed by atoms with Gasteiger partial charge in [0, 0.05) is 38.8 Å². The minimum atomic E-state index is -0.111. The van der Waals surface area contributed by atoms with E-state index in [2.05, 4.69) is 172 Å². The number of fused-ring (bicyclic) bond motifs is 9. The average Bonchev–Trinajstić information content (AvgIpc) is 3.85.